The Morgan fingerprint density at radius 1 is 1.28 bits per heavy atom. The smallest absolute Gasteiger partial charge is 0.265 e. The number of hydrogen-bond donors (Lipinski definition) is 2. The van der Waals surface area contributed by atoms with E-state index < -0.39 is 23.2 Å². The minimum atomic E-state index is -1.77. The summed E-state index contributed by atoms with van der Waals surface area (Å²) < 4.78 is 6.82. The number of carbonyl (C=O) groups excluding carboxylic acids is 1. The van der Waals surface area contributed by atoms with Crippen LogP contribution >= 0.6 is 0 Å². The molecule has 2 aliphatic heterocycles. The fourth-order valence-corrected chi connectivity index (χ4v) is 3.72. The molecule has 1 aromatic carbocycles. The van der Waals surface area contributed by atoms with Gasteiger partial charge in [0.25, 0.3) is 5.56 Å². The summed E-state index contributed by atoms with van der Waals surface area (Å²) in [7, 11) is 0. The van der Waals surface area contributed by atoms with Gasteiger partial charge in [0.15, 0.2) is 5.82 Å². The van der Waals surface area contributed by atoms with Crippen LogP contribution in [0.5, 0.6) is 5.88 Å². The third-order valence-electron chi connectivity index (χ3n) is 5.61. The van der Waals surface area contributed by atoms with E-state index in [1.165, 1.54) is 10.8 Å². The Balaban J connectivity index is 1.95. The van der Waals surface area contributed by atoms with E-state index in [9.17, 15) is 14.7 Å². The molecule has 3 atom stereocenters. The molecular weight excluding hydrogens is 370 g/mol. The van der Waals surface area contributed by atoms with Crippen LogP contribution in [0.2, 0.25) is 0 Å². The van der Waals surface area contributed by atoms with Crippen molar-refractivity contribution in [3.8, 4) is 5.88 Å². The van der Waals surface area contributed by atoms with E-state index in [1.54, 1.807) is 25.2 Å². The zero-order chi connectivity index (χ0) is 20.6. The Kier molecular flexibility index (Phi) is 4.84. The second kappa shape index (κ2) is 7.33. The van der Waals surface area contributed by atoms with Crippen LogP contribution < -0.4 is 15.6 Å². The fourth-order valence-electron chi connectivity index (χ4n) is 3.72. The summed E-state index contributed by atoms with van der Waals surface area (Å²) in [5, 5.41) is 14.1. The molecule has 1 aromatic heterocycles. The normalized spacial score (nSPS) is 23.4. The number of aromatic nitrogens is 2. The van der Waals surface area contributed by atoms with Crippen LogP contribution in [-0.4, -0.2) is 20.6 Å². The first-order valence-electron chi connectivity index (χ1n) is 9.71. The molecule has 29 heavy (non-hydrogen) atoms. The topological polar surface area (TPSA) is 93.5 Å². The molecule has 7 heteroatoms. The number of nitrogens with zero attached hydrogens (tertiary/aromatic N) is 2. The van der Waals surface area contributed by atoms with Gasteiger partial charge < -0.3 is 15.2 Å². The van der Waals surface area contributed by atoms with Gasteiger partial charge in [0, 0.05) is 12.3 Å². The van der Waals surface area contributed by atoms with Crippen molar-refractivity contribution >= 4 is 12.0 Å². The first kappa shape index (κ1) is 19.1. The third-order valence-corrected chi connectivity index (χ3v) is 5.61. The number of ether oxygens (including phenoxy) is 1. The molecule has 0 saturated heterocycles. The van der Waals surface area contributed by atoms with E-state index in [2.05, 4.69) is 10.3 Å². The van der Waals surface area contributed by atoms with Gasteiger partial charge in [-0.15, -0.1) is 0 Å². The van der Waals surface area contributed by atoms with Crippen LogP contribution in [0.4, 0.5) is 0 Å². The molecule has 0 radical (unpaired) electrons. The van der Waals surface area contributed by atoms with Gasteiger partial charge in [0.1, 0.15) is 11.6 Å². The summed E-state index contributed by atoms with van der Waals surface area (Å²) in [4.78, 5) is 31.0. The van der Waals surface area contributed by atoms with Crippen molar-refractivity contribution in [3.05, 3.63) is 76.1 Å². The monoisotopic (exact) mass is 393 g/mol. The van der Waals surface area contributed by atoms with Gasteiger partial charge in [0.05, 0.1) is 6.26 Å². The highest BCUT2D eigenvalue weighted by atomic mass is 16.5. The Morgan fingerprint density at radius 2 is 2.03 bits per heavy atom. The molecular formula is C22H23N3O4. The van der Waals surface area contributed by atoms with Gasteiger partial charge in [-0.25, -0.2) is 0 Å². The van der Waals surface area contributed by atoms with Crippen molar-refractivity contribution in [2.24, 2.45) is 5.92 Å². The SMILES string of the molecule is CC[C@H](C)[C@]1(O)NC(=O)[C@@H](Cc2ccccc2)n2c1nc1c(c2=O)C=CC=CO1. The molecule has 0 saturated carbocycles. The third kappa shape index (κ3) is 3.17. The molecule has 0 fully saturated rings. The minimum Gasteiger partial charge on any atom is -0.446 e. The van der Waals surface area contributed by atoms with Crippen molar-refractivity contribution in [2.45, 2.75) is 38.5 Å². The van der Waals surface area contributed by atoms with E-state index >= 15 is 0 Å². The van der Waals surface area contributed by atoms with Gasteiger partial charge in [-0.2, -0.15) is 4.98 Å². The summed E-state index contributed by atoms with van der Waals surface area (Å²) in [6.45, 7) is 3.71. The highest BCUT2D eigenvalue weighted by molar-refractivity contribution is 5.83. The lowest BCUT2D eigenvalue weighted by atomic mass is 9.89. The van der Waals surface area contributed by atoms with Crippen molar-refractivity contribution in [2.75, 3.05) is 0 Å². The van der Waals surface area contributed by atoms with Crippen molar-refractivity contribution < 1.29 is 14.6 Å². The second-order valence-corrected chi connectivity index (χ2v) is 7.41. The maximum absolute atomic E-state index is 13.4. The second-order valence-electron chi connectivity index (χ2n) is 7.41. The maximum Gasteiger partial charge on any atom is 0.265 e. The van der Waals surface area contributed by atoms with Crippen LogP contribution in [0.3, 0.4) is 0 Å². The van der Waals surface area contributed by atoms with E-state index in [4.69, 9.17) is 4.74 Å². The molecule has 2 N–H and O–H groups in total. The minimum absolute atomic E-state index is 0.0971. The van der Waals surface area contributed by atoms with Crippen molar-refractivity contribution in [3.63, 3.8) is 0 Å². The lowest BCUT2D eigenvalue weighted by molar-refractivity contribution is -0.145. The molecule has 0 spiro atoms. The van der Waals surface area contributed by atoms with Crippen LogP contribution in [-0.2, 0) is 16.9 Å². The number of fused-ring (bicyclic) bond motifs is 2. The number of hydrogen-bond acceptors (Lipinski definition) is 5. The number of nitrogens with one attached hydrogen (secondary N) is 1. The van der Waals surface area contributed by atoms with Crippen LogP contribution in [0.1, 0.15) is 43.3 Å². The van der Waals surface area contributed by atoms with E-state index in [0.717, 1.165) is 5.56 Å². The quantitative estimate of drug-likeness (QED) is 0.831. The Bertz CT molecular complexity index is 1060. The molecule has 0 bridgehead atoms. The van der Waals surface area contributed by atoms with Crippen molar-refractivity contribution in [1.29, 1.82) is 0 Å². The zero-order valence-corrected chi connectivity index (χ0v) is 16.3. The predicted octanol–water partition coefficient (Wildman–Crippen LogP) is 2.27. The Hall–Kier alpha value is -3.19. The molecule has 0 unspecified atom stereocenters. The molecule has 3 heterocycles. The highest BCUT2D eigenvalue weighted by Crippen LogP contribution is 2.35. The average molecular weight is 393 g/mol. The summed E-state index contributed by atoms with van der Waals surface area (Å²) in [6, 6.07) is 8.63. The van der Waals surface area contributed by atoms with Crippen LogP contribution in [0.15, 0.2) is 53.5 Å². The Labute approximate surface area is 168 Å². The highest BCUT2D eigenvalue weighted by Gasteiger charge is 2.48. The zero-order valence-electron chi connectivity index (χ0n) is 16.3. The van der Waals surface area contributed by atoms with Crippen LogP contribution in [0, 0.1) is 5.92 Å². The first-order valence-corrected chi connectivity index (χ1v) is 9.71. The Morgan fingerprint density at radius 3 is 2.76 bits per heavy atom. The van der Waals surface area contributed by atoms with Gasteiger partial charge in [-0.1, -0.05) is 50.3 Å². The number of amides is 1. The number of allylic oxidation sites excluding steroid dienone is 2. The van der Waals surface area contributed by atoms with Crippen molar-refractivity contribution in [1.82, 2.24) is 14.9 Å². The molecule has 2 aliphatic rings. The number of benzene rings is 1. The largest absolute Gasteiger partial charge is 0.446 e. The van der Waals surface area contributed by atoms with Gasteiger partial charge in [0.2, 0.25) is 17.5 Å². The molecule has 1 amide bonds. The standard InChI is InChI=1S/C22H23N3O4/c1-3-14(2)22(28)21-23-19-16(11-7-8-12-29-19)20(27)25(21)17(18(26)24-22)13-15-9-5-4-6-10-15/h4-12,14,17,28H,3,13H2,1-2H3,(H,24,26)/t14-,17+,22+/m0/s1. The van der Waals surface area contributed by atoms with E-state index in [1.807, 2.05) is 37.3 Å². The number of carbonyl (C=O) groups is 1. The van der Waals surface area contributed by atoms with Gasteiger partial charge in [-0.3, -0.25) is 14.2 Å². The van der Waals surface area contributed by atoms with Gasteiger partial charge >= 0.3 is 0 Å². The van der Waals surface area contributed by atoms with Gasteiger partial charge in [-0.05, 0) is 24.1 Å². The molecule has 0 aliphatic carbocycles. The molecule has 7 nitrogen and oxygen atoms in total. The fraction of sp³-hybridized carbons (Fsp3) is 0.318. The first-order chi connectivity index (χ1) is 14.0. The summed E-state index contributed by atoms with van der Waals surface area (Å²) >= 11 is 0. The molecule has 4 rings (SSSR count). The number of aliphatic hydroxyl groups is 1. The summed E-state index contributed by atoms with van der Waals surface area (Å²) in [6.07, 6.45) is 7.24. The predicted molar refractivity (Wildman–Crippen MR) is 108 cm³/mol. The lowest BCUT2D eigenvalue weighted by Gasteiger charge is -2.41. The van der Waals surface area contributed by atoms with E-state index in [0.29, 0.717) is 12.8 Å². The van der Waals surface area contributed by atoms with Crippen LogP contribution in [0.25, 0.3) is 6.08 Å². The maximum atomic E-state index is 13.4. The average Bonchev–Trinajstić information content (AvgIpc) is 2.97. The molecule has 2 aromatic rings. The lowest BCUT2D eigenvalue weighted by Crippen LogP contribution is -2.61. The number of rotatable bonds is 4. The molecule has 150 valence electrons. The van der Waals surface area contributed by atoms with E-state index in [-0.39, 0.29) is 23.2 Å². The summed E-state index contributed by atoms with van der Waals surface area (Å²) in [5.74, 6) is -0.566. The summed E-state index contributed by atoms with van der Waals surface area (Å²) in [5.41, 5.74) is -1.03.